The van der Waals surface area contributed by atoms with E-state index in [2.05, 4.69) is 22.4 Å². The van der Waals surface area contributed by atoms with Crippen molar-refractivity contribution >= 4 is 5.82 Å². The molecule has 1 aliphatic rings. The van der Waals surface area contributed by atoms with Gasteiger partial charge >= 0.3 is 0 Å². The molecule has 21 heavy (non-hydrogen) atoms. The molecular formula is C17H21N3O. The summed E-state index contributed by atoms with van der Waals surface area (Å²) in [5.41, 5.74) is 2.04. The van der Waals surface area contributed by atoms with Gasteiger partial charge in [-0.1, -0.05) is 30.3 Å². The molecule has 4 heteroatoms. The van der Waals surface area contributed by atoms with Gasteiger partial charge in [0, 0.05) is 25.3 Å². The number of benzene rings is 1. The van der Waals surface area contributed by atoms with Crippen molar-refractivity contribution in [3.05, 3.63) is 42.2 Å². The zero-order chi connectivity index (χ0) is 14.7. The van der Waals surface area contributed by atoms with Crippen LogP contribution in [-0.2, 0) is 4.74 Å². The number of hydrogen-bond acceptors (Lipinski definition) is 4. The van der Waals surface area contributed by atoms with Gasteiger partial charge in [-0.25, -0.2) is 9.97 Å². The maximum Gasteiger partial charge on any atom is 0.160 e. The second-order valence-corrected chi connectivity index (χ2v) is 5.33. The Labute approximate surface area is 125 Å². The topological polar surface area (TPSA) is 47.0 Å². The average molecular weight is 283 g/mol. The van der Waals surface area contributed by atoms with Crippen molar-refractivity contribution in [2.75, 3.05) is 19.0 Å². The molecule has 0 spiro atoms. The Kier molecular flexibility index (Phi) is 4.15. The lowest BCUT2D eigenvalue weighted by molar-refractivity contribution is 0.0402. The van der Waals surface area contributed by atoms with E-state index in [4.69, 9.17) is 9.72 Å². The van der Waals surface area contributed by atoms with Crippen LogP contribution < -0.4 is 5.32 Å². The van der Waals surface area contributed by atoms with Crippen molar-refractivity contribution in [2.24, 2.45) is 5.92 Å². The summed E-state index contributed by atoms with van der Waals surface area (Å²) < 4.78 is 5.89. The summed E-state index contributed by atoms with van der Waals surface area (Å²) in [6.07, 6.45) is 2.43. The van der Waals surface area contributed by atoms with Crippen LogP contribution in [0, 0.1) is 5.92 Å². The fourth-order valence-electron chi connectivity index (χ4n) is 2.48. The number of nitrogens with zero attached hydrogens (tertiary/aromatic N) is 2. The molecule has 0 aliphatic heterocycles. The Balaban J connectivity index is 2.00. The number of ether oxygens (including phenoxy) is 1. The van der Waals surface area contributed by atoms with Crippen molar-refractivity contribution in [3.8, 4) is 11.3 Å². The molecule has 1 fully saturated rings. The third-order valence-electron chi connectivity index (χ3n) is 3.72. The van der Waals surface area contributed by atoms with Crippen LogP contribution >= 0.6 is 0 Å². The summed E-state index contributed by atoms with van der Waals surface area (Å²) in [5.74, 6) is 2.20. The monoisotopic (exact) mass is 283 g/mol. The van der Waals surface area contributed by atoms with Gasteiger partial charge < -0.3 is 10.1 Å². The van der Waals surface area contributed by atoms with Gasteiger partial charge in [-0.15, -0.1) is 0 Å². The lowest BCUT2D eigenvalue weighted by atomic mass is 10.1. The number of hydrogen-bond donors (Lipinski definition) is 1. The van der Waals surface area contributed by atoms with Gasteiger partial charge in [-0.2, -0.15) is 0 Å². The van der Waals surface area contributed by atoms with E-state index in [9.17, 15) is 0 Å². The molecule has 1 heterocycles. The van der Waals surface area contributed by atoms with Crippen molar-refractivity contribution < 1.29 is 4.74 Å². The Bertz CT molecular complexity index is 596. The third-order valence-corrected chi connectivity index (χ3v) is 3.72. The second kappa shape index (κ2) is 6.22. The average Bonchev–Trinajstić information content (AvgIpc) is 3.37. The second-order valence-electron chi connectivity index (χ2n) is 5.33. The zero-order valence-electron chi connectivity index (χ0n) is 12.5. The number of aromatic nitrogens is 2. The maximum absolute atomic E-state index is 5.89. The third kappa shape index (κ3) is 3.22. The van der Waals surface area contributed by atoms with Crippen LogP contribution in [0.1, 0.15) is 31.7 Å². The van der Waals surface area contributed by atoms with Gasteiger partial charge in [-0.3, -0.25) is 0 Å². The molecular weight excluding hydrogens is 262 g/mol. The van der Waals surface area contributed by atoms with E-state index in [0.717, 1.165) is 22.9 Å². The first-order valence-corrected chi connectivity index (χ1v) is 7.55. The number of rotatable bonds is 6. The van der Waals surface area contributed by atoms with Crippen molar-refractivity contribution in [1.82, 2.24) is 9.97 Å². The molecule has 1 aromatic carbocycles. The smallest absolute Gasteiger partial charge is 0.160 e. The Hall–Kier alpha value is -1.94. The molecule has 0 amide bonds. The van der Waals surface area contributed by atoms with E-state index >= 15 is 0 Å². The molecule has 0 saturated heterocycles. The van der Waals surface area contributed by atoms with E-state index in [-0.39, 0.29) is 6.10 Å². The largest absolute Gasteiger partial charge is 0.373 e. The highest BCUT2D eigenvalue weighted by Crippen LogP contribution is 2.42. The summed E-state index contributed by atoms with van der Waals surface area (Å²) in [6, 6.07) is 12.2. The molecule has 1 saturated carbocycles. The maximum atomic E-state index is 5.89. The van der Waals surface area contributed by atoms with E-state index < -0.39 is 0 Å². The molecule has 3 rings (SSSR count). The van der Waals surface area contributed by atoms with E-state index in [1.807, 2.05) is 38.2 Å². The summed E-state index contributed by atoms with van der Waals surface area (Å²) in [5, 5.41) is 3.13. The number of nitrogens with one attached hydrogen (secondary N) is 1. The van der Waals surface area contributed by atoms with Gasteiger partial charge in [-0.05, 0) is 25.7 Å². The van der Waals surface area contributed by atoms with Gasteiger partial charge in [0.2, 0.25) is 0 Å². The predicted molar refractivity (Wildman–Crippen MR) is 84.1 cm³/mol. The van der Waals surface area contributed by atoms with Gasteiger partial charge in [0.25, 0.3) is 0 Å². The molecule has 2 aromatic rings. The summed E-state index contributed by atoms with van der Waals surface area (Å²) >= 11 is 0. The first-order chi connectivity index (χ1) is 10.3. The quantitative estimate of drug-likeness (QED) is 0.878. The molecule has 1 atom stereocenters. The van der Waals surface area contributed by atoms with Crippen LogP contribution in [0.4, 0.5) is 5.82 Å². The van der Waals surface area contributed by atoms with Crippen LogP contribution in [0.5, 0.6) is 0 Å². The lowest BCUT2D eigenvalue weighted by Gasteiger charge is -2.17. The van der Waals surface area contributed by atoms with Gasteiger partial charge in [0.05, 0.1) is 5.69 Å². The molecule has 1 aromatic heterocycles. The highest BCUT2D eigenvalue weighted by Gasteiger charge is 2.35. The number of anilines is 1. The molecule has 1 aliphatic carbocycles. The highest BCUT2D eigenvalue weighted by molar-refractivity contribution is 5.62. The normalized spacial score (nSPS) is 15.7. The first kappa shape index (κ1) is 14.0. The van der Waals surface area contributed by atoms with E-state index in [1.54, 1.807) is 0 Å². The summed E-state index contributed by atoms with van der Waals surface area (Å²) in [4.78, 5) is 9.37. The minimum atomic E-state index is 0.0192. The van der Waals surface area contributed by atoms with Crippen LogP contribution in [0.3, 0.4) is 0 Å². The van der Waals surface area contributed by atoms with E-state index in [0.29, 0.717) is 12.5 Å². The fraction of sp³-hybridized carbons (Fsp3) is 0.412. The molecule has 0 bridgehead atoms. The summed E-state index contributed by atoms with van der Waals surface area (Å²) in [7, 11) is 1.88. The van der Waals surface area contributed by atoms with Gasteiger partial charge in [0.1, 0.15) is 11.9 Å². The Morgan fingerprint density at radius 2 is 2.00 bits per heavy atom. The van der Waals surface area contributed by atoms with Crippen LogP contribution in [0.15, 0.2) is 36.4 Å². The summed E-state index contributed by atoms with van der Waals surface area (Å²) in [6.45, 7) is 2.71. The Morgan fingerprint density at radius 3 is 2.62 bits per heavy atom. The lowest BCUT2D eigenvalue weighted by Crippen LogP contribution is -2.12. The van der Waals surface area contributed by atoms with Crippen LogP contribution in [-0.4, -0.2) is 23.6 Å². The van der Waals surface area contributed by atoms with Crippen molar-refractivity contribution in [1.29, 1.82) is 0 Å². The van der Waals surface area contributed by atoms with E-state index in [1.165, 1.54) is 12.8 Å². The van der Waals surface area contributed by atoms with Crippen LogP contribution in [0.25, 0.3) is 11.3 Å². The fourth-order valence-corrected chi connectivity index (χ4v) is 2.48. The first-order valence-electron chi connectivity index (χ1n) is 7.55. The van der Waals surface area contributed by atoms with Crippen molar-refractivity contribution in [3.63, 3.8) is 0 Å². The molecule has 110 valence electrons. The molecule has 1 unspecified atom stereocenters. The molecule has 4 nitrogen and oxygen atoms in total. The van der Waals surface area contributed by atoms with Crippen LogP contribution in [0.2, 0.25) is 0 Å². The van der Waals surface area contributed by atoms with Gasteiger partial charge in [0.15, 0.2) is 5.82 Å². The van der Waals surface area contributed by atoms with Crippen molar-refractivity contribution in [2.45, 2.75) is 25.9 Å². The highest BCUT2D eigenvalue weighted by atomic mass is 16.5. The minimum absolute atomic E-state index is 0.0192. The zero-order valence-corrected chi connectivity index (χ0v) is 12.5. The predicted octanol–water partition coefficient (Wildman–Crippen LogP) is 3.67. The Morgan fingerprint density at radius 1 is 1.24 bits per heavy atom. The standard InChI is InChI=1S/C17H21N3O/c1-3-21-16(13-9-10-13)17-19-14(11-15(18-2)20-17)12-7-5-4-6-8-12/h4-8,11,13,16H,3,9-10H2,1-2H3,(H,18,19,20). The minimum Gasteiger partial charge on any atom is -0.373 e. The molecule has 0 radical (unpaired) electrons. The SMILES string of the molecule is CCOC(c1nc(NC)cc(-c2ccccc2)n1)C1CC1. The molecule has 1 N–H and O–H groups in total.